The van der Waals surface area contributed by atoms with Crippen LogP contribution in [-0.4, -0.2) is 15.6 Å². The van der Waals surface area contributed by atoms with Crippen molar-refractivity contribution in [3.8, 4) is 5.75 Å². The van der Waals surface area contributed by atoms with Gasteiger partial charge in [-0.25, -0.2) is 0 Å². The number of hydrogen-bond acceptors (Lipinski definition) is 2. The Balaban J connectivity index is 2.73. The average molecular weight is 268 g/mol. The van der Waals surface area contributed by atoms with E-state index in [1.54, 1.807) is 13.0 Å². The van der Waals surface area contributed by atoms with E-state index in [4.69, 9.17) is 0 Å². The first kappa shape index (κ1) is 10.2. The number of carbonyl (C=O) groups excluding carboxylic acids is 1. The molecule has 1 heterocycles. The number of aromatic hydroxyl groups is 1. The Labute approximate surface area is 95.5 Å². The van der Waals surface area contributed by atoms with Crippen LogP contribution in [0.1, 0.15) is 18.1 Å². The van der Waals surface area contributed by atoms with Gasteiger partial charge in [0.1, 0.15) is 5.75 Å². The van der Waals surface area contributed by atoms with Crippen molar-refractivity contribution in [3.63, 3.8) is 0 Å². The molecule has 1 aromatic carbocycles. The zero-order valence-electron chi connectivity index (χ0n) is 8.20. The molecule has 0 aliphatic heterocycles. The Hall–Kier alpha value is -1.29. The number of carbonyl (C=O) groups is 1. The Bertz CT molecular complexity index is 531. The predicted octanol–water partition coefficient (Wildman–Crippen LogP) is 3.16. The number of fused-ring (bicyclic) bond motifs is 1. The van der Waals surface area contributed by atoms with Crippen LogP contribution in [0.2, 0.25) is 0 Å². The Morgan fingerprint density at radius 2 is 2.27 bits per heavy atom. The fourth-order valence-corrected chi connectivity index (χ4v) is 1.92. The van der Waals surface area contributed by atoms with Crippen LogP contribution in [0.25, 0.3) is 10.9 Å². The lowest BCUT2D eigenvalue weighted by atomic mass is 10.2. The zero-order chi connectivity index (χ0) is 11.0. The summed E-state index contributed by atoms with van der Waals surface area (Å²) in [4.78, 5) is 11.6. The average Bonchev–Trinajstić information content (AvgIpc) is 2.55. The van der Waals surface area contributed by atoms with Crippen LogP contribution in [0, 0.1) is 0 Å². The molecule has 0 spiro atoms. The van der Waals surface area contributed by atoms with E-state index in [1.807, 2.05) is 12.1 Å². The van der Waals surface area contributed by atoms with Gasteiger partial charge >= 0.3 is 0 Å². The van der Waals surface area contributed by atoms with Gasteiger partial charge in [-0.1, -0.05) is 22.9 Å². The molecule has 0 saturated heterocycles. The molecule has 0 saturated carbocycles. The summed E-state index contributed by atoms with van der Waals surface area (Å²) in [5.74, 6) is 0.107. The highest BCUT2D eigenvalue weighted by Crippen LogP contribution is 2.29. The van der Waals surface area contributed by atoms with Crippen molar-refractivity contribution >= 4 is 32.7 Å². The van der Waals surface area contributed by atoms with E-state index in [2.05, 4.69) is 15.9 Å². The zero-order valence-corrected chi connectivity index (χ0v) is 9.78. The van der Waals surface area contributed by atoms with Crippen molar-refractivity contribution < 1.29 is 9.90 Å². The highest BCUT2D eigenvalue weighted by molar-refractivity contribution is 9.10. The van der Waals surface area contributed by atoms with Crippen LogP contribution in [0.4, 0.5) is 0 Å². The molecular formula is C11H10BrNO2. The van der Waals surface area contributed by atoms with Crippen LogP contribution >= 0.6 is 15.9 Å². The van der Waals surface area contributed by atoms with Crippen molar-refractivity contribution in [2.75, 3.05) is 0 Å². The van der Waals surface area contributed by atoms with Gasteiger partial charge in [0.2, 0.25) is 5.91 Å². The van der Waals surface area contributed by atoms with Crippen LogP contribution in [0.5, 0.6) is 5.75 Å². The second kappa shape index (κ2) is 3.70. The minimum Gasteiger partial charge on any atom is -0.506 e. The lowest BCUT2D eigenvalue weighted by Gasteiger charge is -2.00. The van der Waals surface area contributed by atoms with Gasteiger partial charge in [0.05, 0.1) is 11.7 Å². The largest absolute Gasteiger partial charge is 0.506 e. The first-order chi connectivity index (χ1) is 7.13. The van der Waals surface area contributed by atoms with E-state index < -0.39 is 0 Å². The van der Waals surface area contributed by atoms with Gasteiger partial charge in [0.15, 0.2) is 0 Å². The third kappa shape index (κ3) is 1.65. The molecule has 1 aromatic heterocycles. The molecule has 0 unspecified atom stereocenters. The second-order valence-electron chi connectivity index (χ2n) is 3.29. The fraction of sp³-hybridized carbons (Fsp3) is 0.182. The molecule has 0 radical (unpaired) electrons. The van der Waals surface area contributed by atoms with Gasteiger partial charge < -0.3 is 5.11 Å². The van der Waals surface area contributed by atoms with Gasteiger partial charge in [-0.2, -0.15) is 0 Å². The molecule has 3 nitrogen and oxygen atoms in total. The number of rotatable bonds is 1. The molecule has 0 atom stereocenters. The third-order valence-corrected chi connectivity index (χ3v) is 2.81. The van der Waals surface area contributed by atoms with Crippen molar-refractivity contribution in [1.29, 1.82) is 0 Å². The topological polar surface area (TPSA) is 42.2 Å². The monoisotopic (exact) mass is 267 g/mol. The Kier molecular flexibility index (Phi) is 2.52. The molecule has 4 heteroatoms. The predicted molar refractivity (Wildman–Crippen MR) is 62.2 cm³/mol. The van der Waals surface area contributed by atoms with Gasteiger partial charge in [-0.15, -0.1) is 0 Å². The Morgan fingerprint density at radius 1 is 1.53 bits per heavy atom. The summed E-state index contributed by atoms with van der Waals surface area (Å²) in [6, 6.07) is 5.46. The van der Waals surface area contributed by atoms with Crippen molar-refractivity contribution in [2.24, 2.45) is 0 Å². The number of nitrogens with zero attached hydrogens (tertiary/aromatic N) is 1. The summed E-state index contributed by atoms with van der Waals surface area (Å²) in [6.07, 6.45) is 1.88. The van der Waals surface area contributed by atoms with Gasteiger partial charge in [0, 0.05) is 16.3 Å². The normalized spacial score (nSPS) is 10.8. The maximum atomic E-state index is 11.6. The lowest BCUT2D eigenvalue weighted by Crippen LogP contribution is -2.06. The maximum absolute atomic E-state index is 11.6. The summed E-state index contributed by atoms with van der Waals surface area (Å²) >= 11 is 3.32. The van der Waals surface area contributed by atoms with Gasteiger partial charge in [0.25, 0.3) is 0 Å². The first-order valence-electron chi connectivity index (χ1n) is 4.66. The van der Waals surface area contributed by atoms with Gasteiger partial charge in [-0.3, -0.25) is 9.36 Å². The molecule has 0 amide bonds. The number of aromatic nitrogens is 1. The van der Waals surface area contributed by atoms with Crippen LogP contribution < -0.4 is 0 Å². The van der Waals surface area contributed by atoms with E-state index in [1.165, 1.54) is 10.8 Å². The van der Waals surface area contributed by atoms with E-state index in [-0.39, 0.29) is 11.7 Å². The minimum absolute atomic E-state index is 0.0253. The molecular weight excluding hydrogens is 258 g/mol. The molecule has 78 valence electrons. The molecule has 0 aliphatic rings. The molecule has 2 rings (SSSR count). The summed E-state index contributed by atoms with van der Waals surface area (Å²) in [7, 11) is 0. The third-order valence-electron chi connectivity index (χ3n) is 2.32. The van der Waals surface area contributed by atoms with E-state index in [0.717, 1.165) is 9.99 Å². The quantitative estimate of drug-likeness (QED) is 0.863. The number of halogens is 1. The smallest absolute Gasteiger partial charge is 0.230 e. The molecule has 1 N–H and O–H groups in total. The van der Waals surface area contributed by atoms with Crippen molar-refractivity contribution in [2.45, 2.75) is 13.3 Å². The van der Waals surface area contributed by atoms with Crippen LogP contribution in [0.15, 0.2) is 28.9 Å². The molecule has 0 fully saturated rings. The summed E-state index contributed by atoms with van der Waals surface area (Å²) < 4.78 is 2.36. The highest BCUT2D eigenvalue weighted by Gasteiger charge is 2.11. The molecule has 2 aromatic rings. The second-order valence-corrected chi connectivity index (χ2v) is 4.21. The number of hydrogen-bond donors (Lipinski definition) is 1. The number of benzene rings is 1. The Morgan fingerprint density at radius 3 is 2.93 bits per heavy atom. The van der Waals surface area contributed by atoms with Crippen LogP contribution in [0.3, 0.4) is 0 Å². The summed E-state index contributed by atoms with van der Waals surface area (Å²) in [6.45, 7) is 1.80. The van der Waals surface area contributed by atoms with Crippen LogP contribution in [-0.2, 0) is 0 Å². The van der Waals surface area contributed by atoms with E-state index in [9.17, 15) is 9.90 Å². The van der Waals surface area contributed by atoms with Crippen molar-refractivity contribution in [1.82, 2.24) is 4.57 Å². The lowest BCUT2D eigenvalue weighted by molar-refractivity contribution is 0.0913. The highest BCUT2D eigenvalue weighted by atomic mass is 79.9. The molecule has 0 bridgehead atoms. The summed E-state index contributed by atoms with van der Waals surface area (Å²) in [5.41, 5.74) is 0.738. The minimum atomic E-state index is -0.0253. The van der Waals surface area contributed by atoms with E-state index in [0.29, 0.717) is 11.8 Å². The molecule has 0 aliphatic carbocycles. The first-order valence-corrected chi connectivity index (χ1v) is 5.45. The van der Waals surface area contributed by atoms with E-state index >= 15 is 0 Å². The van der Waals surface area contributed by atoms with Gasteiger partial charge in [-0.05, 0) is 18.2 Å². The molecule has 15 heavy (non-hydrogen) atoms. The summed E-state index contributed by atoms with van der Waals surface area (Å²) in [5, 5.41) is 10.4. The maximum Gasteiger partial charge on any atom is 0.230 e. The SMILES string of the molecule is CCC(=O)n1cc(O)c2cc(Br)ccc21. The van der Waals surface area contributed by atoms with Crippen molar-refractivity contribution in [3.05, 3.63) is 28.9 Å². The standard InChI is InChI=1S/C11H10BrNO2/c1-2-11(15)13-6-10(14)8-5-7(12)3-4-9(8)13/h3-6,14H,2H2,1H3. The fourth-order valence-electron chi connectivity index (χ4n) is 1.56.